The minimum absolute atomic E-state index is 0.0692. The van der Waals surface area contributed by atoms with E-state index in [1.807, 2.05) is 35.1 Å². The summed E-state index contributed by atoms with van der Waals surface area (Å²) in [4.78, 5) is 8.67. The molecule has 6 nitrogen and oxygen atoms in total. The summed E-state index contributed by atoms with van der Waals surface area (Å²) in [6.45, 7) is 6.31. The van der Waals surface area contributed by atoms with Crippen LogP contribution in [-0.2, 0) is 5.54 Å². The zero-order chi connectivity index (χ0) is 16.0. The van der Waals surface area contributed by atoms with Crippen molar-refractivity contribution < 1.29 is 4.42 Å². The van der Waals surface area contributed by atoms with E-state index in [-0.39, 0.29) is 5.54 Å². The first-order valence-corrected chi connectivity index (χ1v) is 7.47. The zero-order valence-electron chi connectivity index (χ0n) is 13.2. The summed E-state index contributed by atoms with van der Waals surface area (Å²) in [6, 6.07) is 7.84. The van der Waals surface area contributed by atoms with Gasteiger partial charge in [0, 0.05) is 11.6 Å². The highest BCUT2D eigenvalue weighted by Crippen LogP contribution is 2.31. The molecule has 0 radical (unpaired) electrons. The topological polar surface area (TPSA) is 68.8 Å². The van der Waals surface area contributed by atoms with Gasteiger partial charge in [-0.05, 0) is 32.9 Å². The Kier molecular flexibility index (Phi) is 2.87. The molecule has 4 rings (SSSR count). The first-order valence-electron chi connectivity index (χ1n) is 7.47. The number of nitrogens with zero attached hydrogens (tertiary/aromatic N) is 4. The van der Waals surface area contributed by atoms with Crippen LogP contribution in [0.1, 0.15) is 20.8 Å². The van der Waals surface area contributed by atoms with Gasteiger partial charge in [0.05, 0.1) is 17.4 Å². The number of rotatable bonds is 2. The summed E-state index contributed by atoms with van der Waals surface area (Å²) in [5.41, 5.74) is 3.05. The number of fused-ring (bicyclic) bond motifs is 3. The van der Waals surface area contributed by atoms with Gasteiger partial charge in [-0.2, -0.15) is 5.10 Å². The number of nitrogens with one attached hydrogen (secondary N) is 1. The van der Waals surface area contributed by atoms with Gasteiger partial charge in [0.1, 0.15) is 17.4 Å². The molecule has 23 heavy (non-hydrogen) atoms. The average Bonchev–Trinajstić information content (AvgIpc) is 3.12. The van der Waals surface area contributed by atoms with E-state index in [9.17, 15) is 0 Å². The second kappa shape index (κ2) is 4.81. The predicted molar refractivity (Wildman–Crippen MR) is 89.8 cm³/mol. The first-order chi connectivity index (χ1) is 11.0. The van der Waals surface area contributed by atoms with Gasteiger partial charge in [-0.15, -0.1) is 0 Å². The molecule has 6 heteroatoms. The summed E-state index contributed by atoms with van der Waals surface area (Å²) in [6.07, 6.45) is 5.28. The monoisotopic (exact) mass is 307 g/mol. The maximum atomic E-state index is 5.92. The van der Waals surface area contributed by atoms with E-state index in [2.05, 4.69) is 41.2 Å². The van der Waals surface area contributed by atoms with Gasteiger partial charge in [0.2, 0.25) is 0 Å². The van der Waals surface area contributed by atoms with Gasteiger partial charge >= 0.3 is 0 Å². The quantitative estimate of drug-likeness (QED) is 0.604. The fourth-order valence-electron chi connectivity index (χ4n) is 2.50. The highest BCUT2D eigenvalue weighted by atomic mass is 16.3. The Hall–Kier alpha value is -2.89. The van der Waals surface area contributed by atoms with Crippen LogP contribution in [0.4, 0.5) is 11.5 Å². The molecule has 4 aromatic rings. The highest BCUT2D eigenvalue weighted by molar-refractivity contribution is 6.05. The van der Waals surface area contributed by atoms with Crippen LogP contribution in [0.3, 0.4) is 0 Å². The number of hydrogen-bond donors (Lipinski definition) is 1. The van der Waals surface area contributed by atoms with Gasteiger partial charge in [0.25, 0.3) is 0 Å². The van der Waals surface area contributed by atoms with Gasteiger partial charge in [-0.1, -0.05) is 12.1 Å². The van der Waals surface area contributed by atoms with E-state index in [0.717, 1.165) is 22.2 Å². The summed E-state index contributed by atoms with van der Waals surface area (Å²) < 4.78 is 7.82. The van der Waals surface area contributed by atoms with Crippen molar-refractivity contribution >= 4 is 33.6 Å². The van der Waals surface area contributed by atoms with Gasteiger partial charge in [0.15, 0.2) is 11.4 Å². The standard InChI is InChI=1S/C17H17N5O/c1-17(2,3)22-9-11(8-20-22)21-16-15-14(18-10-19-16)12-6-4-5-7-13(12)23-15/h4-10H,1-3H3,(H,18,19,21). The predicted octanol–water partition coefficient (Wildman–Crippen LogP) is 4.07. The van der Waals surface area contributed by atoms with Crippen molar-refractivity contribution in [2.75, 3.05) is 5.32 Å². The molecule has 0 aliphatic heterocycles. The minimum atomic E-state index is -0.0692. The third kappa shape index (κ3) is 2.32. The van der Waals surface area contributed by atoms with E-state index in [0.29, 0.717) is 11.4 Å². The molecule has 0 saturated heterocycles. The van der Waals surface area contributed by atoms with Crippen LogP contribution in [0.5, 0.6) is 0 Å². The molecule has 3 aromatic heterocycles. The Balaban J connectivity index is 1.78. The Morgan fingerprint density at radius 2 is 1.96 bits per heavy atom. The number of hydrogen-bond acceptors (Lipinski definition) is 5. The molecule has 116 valence electrons. The van der Waals surface area contributed by atoms with Gasteiger partial charge in [-0.25, -0.2) is 9.97 Å². The van der Waals surface area contributed by atoms with E-state index in [1.165, 1.54) is 0 Å². The van der Waals surface area contributed by atoms with Crippen LogP contribution in [-0.4, -0.2) is 19.7 Å². The largest absolute Gasteiger partial charge is 0.450 e. The third-order valence-corrected chi connectivity index (χ3v) is 3.69. The lowest BCUT2D eigenvalue weighted by Gasteiger charge is -2.18. The molecule has 0 unspecified atom stereocenters. The molecule has 3 heterocycles. The van der Waals surface area contributed by atoms with E-state index in [4.69, 9.17) is 4.42 Å². The molecule has 0 atom stereocenters. The molecule has 0 saturated carbocycles. The molecule has 0 amide bonds. The molecule has 0 aliphatic rings. The molecule has 1 N–H and O–H groups in total. The summed E-state index contributed by atoms with van der Waals surface area (Å²) in [5.74, 6) is 0.639. The summed E-state index contributed by atoms with van der Waals surface area (Å²) in [5, 5.41) is 8.64. The fourth-order valence-corrected chi connectivity index (χ4v) is 2.50. The summed E-state index contributed by atoms with van der Waals surface area (Å²) in [7, 11) is 0. The van der Waals surface area contributed by atoms with Crippen LogP contribution in [0.15, 0.2) is 47.4 Å². The van der Waals surface area contributed by atoms with Crippen molar-refractivity contribution in [2.24, 2.45) is 0 Å². The summed E-state index contributed by atoms with van der Waals surface area (Å²) >= 11 is 0. The molecular weight excluding hydrogens is 290 g/mol. The lowest BCUT2D eigenvalue weighted by molar-refractivity contribution is 0.355. The van der Waals surface area contributed by atoms with Crippen molar-refractivity contribution in [1.29, 1.82) is 0 Å². The average molecular weight is 307 g/mol. The lowest BCUT2D eigenvalue weighted by atomic mass is 10.1. The zero-order valence-corrected chi connectivity index (χ0v) is 13.2. The van der Waals surface area contributed by atoms with Crippen molar-refractivity contribution in [3.63, 3.8) is 0 Å². The second-order valence-electron chi connectivity index (χ2n) is 6.47. The number of anilines is 2. The van der Waals surface area contributed by atoms with Crippen molar-refractivity contribution in [3.8, 4) is 0 Å². The number of benzene rings is 1. The fraction of sp³-hybridized carbons (Fsp3) is 0.235. The van der Waals surface area contributed by atoms with Crippen molar-refractivity contribution in [1.82, 2.24) is 19.7 Å². The molecular formula is C17H17N5O. The van der Waals surface area contributed by atoms with Crippen molar-refractivity contribution in [2.45, 2.75) is 26.3 Å². The Bertz CT molecular complexity index is 993. The Morgan fingerprint density at radius 3 is 2.74 bits per heavy atom. The molecule has 0 spiro atoms. The number of aromatic nitrogens is 4. The molecule has 1 aromatic carbocycles. The van der Waals surface area contributed by atoms with E-state index in [1.54, 1.807) is 12.5 Å². The van der Waals surface area contributed by atoms with Gasteiger partial charge < -0.3 is 9.73 Å². The van der Waals surface area contributed by atoms with Crippen LogP contribution in [0.25, 0.3) is 22.1 Å². The van der Waals surface area contributed by atoms with Crippen molar-refractivity contribution in [3.05, 3.63) is 43.0 Å². The van der Waals surface area contributed by atoms with Crippen LogP contribution < -0.4 is 5.32 Å². The van der Waals surface area contributed by atoms with Crippen LogP contribution in [0.2, 0.25) is 0 Å². The Labute approximate surface area is 133 Å². The number of para-hydroxylation sites is 1. The smallest absolute Gasteiger partial charge is 0.196 e. The maximum absolute atomic E-state index is 5.92. The SMILES string of the molecule is CC(C)(C)n1cc(Nc2ncnc3c2oc2ccccc23)cn1. The third-order valence-electron chi connectivity index (χ3n) is 3.69. The van der Waals surface area contributed by atoms with Crippen LogP contribution in [0, 0.1) is 0 Å². The minimum Gasteiger partial charge on any atom is -0.450 e. The van der Waals surface area contributed by atoms with Crippen LogP contribution >= 0.6 is 0 Å². The lowest BCUT2D eigenvalue weighted by Crippen LogP contribution is -2.21. The van der Waals surface area contributed by atoms with E-state index >= 15 is 0 Å². The number of furan rings is 1. The first kappa shape index (κ1) is 13.8. The molecule has 0 bridgehead atoms. The second-order valence-corrected chi connectivity index (χ2v) is 6.47. The Morgan fingerprint density at radius 1 is 1.13 bits per heavy atom. The maximum Gasteiger partial charge on any atom is 0.196 e. The van der Waals surface area contributed by atoms with E-state index < -0.39 is 0 Å². The molecule has 0 fully saturated rings. The normalized spacial score (nSPS) is 12.1. The highest BCUT2D eigenvalue weighted by Gasteiger charge is 2.16. The van der Waals surface area contributed by atoms with Gasteiger partial charge in [-0.3, -0.25) is 4.68 Å². The molecule has 0 aliphatic carbocycles.